The SMILES string of the molecule is COc1ccc2cc(CCNCC(C)C)ccc2c1. The van der Waals surface area contributed by atoms with Crippen LogP contribution in [0.3, 0.4) is 0 Å². The van der Waals surface area contributed by atoms with Crippen molar-refractivity contribution >= 4 is 10.8 Å². The van der Waals surface area contributed by atoms with E-state index in [9.17, 15) is 0 Å². The first kappa shape index (κ1) is 13.9. The molecule has 2 heteroatoms. The number of hydrogen-bond acceptors (Lipinski definition) is 2. The number of rotatable bonds is 6. The first-order chi connectivity index (χ1) is 9.19. The van der Waals surface area contributed by atoms with Gasteiger partial charge in [0.15, 0.2) is 0 Å². The first-order valence-corrected chi connectivity index (χ1v) is 6.96. The van der Waals surface area contributed by atoms with Crippen molar-refractivity contribution in [3.8, 4) is 5.75 Å². The van der Waals surface area contributed by atoms with E-state index in [0.717, 1.165) is 25.3 Å². The fourth-order valence-electron chi connectivity index (χ4n) is 2.18. The molecule has 0 fully saturated rings. The molecule has 0 spiro atoms. The van der Waals surface area contributed by atoms with Crippen molar-refractivity contribution < 1.29 is 4.74 Å². The summed E-state index contributed by atoms with van der Waals surface area (Å²) >= 11 is 0. The van der Waals surface area contributed by atoms with Gasteiger partial charge in [-0.05, 0) is 53.9 Å². The van der Waals surface area contributed by atoms with E-state index in [4.69, 9.17) is 4.74 Å². The second-order valence-corrected chi connectivity index (χ2v) is 5.40. The van der Waals surface area contributed by atoms with E-state index in [-0.39, 0.29) is 0 Å². The molecule has 2 aromatic rings. The summed E-state index contributed by atoms with van der Waals surface area (Å²) in [5, 5.41) is 5.99. The Labute approximate surface area is 115 Å². The minimum absolute atomic E-state index is 0.712. The largest absolute Gasteiger partial charge is 0.497 e. The number of fused-ring (bicyclic) bond motifs is 1. The average molecular weight is 257 g/mol. The molecule has 2 aromatic carbocycles. The van der Waals surface area contributed by atoms with Gasteiger partial charge in [-0.1, -0.05) is 38.1 Å². The average Bonchev–Trinajstić information content (AvgIpc) is 2.42. The standard InChI is InChI=1S/C17H23NO/c1-13(2)12-18-9-8-14-4-5-16-11-17(19-3)7-6-15(16)10-14/h4-7,10-11,13,18H,8-9,12H2,1-3H3. The molecule has 102 valence electrons. The van der Waals surface area contributed by atoms with Gasteiger partial charge in [-0.3, -0.25) is 0 Å². The Morgan fingerprint density at radius 1 is 1.05 bits per heavy atom. The van der Waals surface area contributed by atoms with Crippen LogP contribution in [0, 0.1) is 5.92 Å². The van der Waals surface area contributed by atoms with E-state index in [1.54, 1.807) is 7.11 Å². The van der Waals surface area contributed by atoms with Gasteiger partial charge in [-0.15, -0.1) is 0 Å². The summed E-state index contributed by atoms with van der Waals surface area (Å²) in [6.45, 7) is 6.59. The molecule has 0 unspecified atom stereocenters. The quantitative estimate of drug-likeness (QED) is 0.798. The number of nitrogens with one attached hydrogen (secondary N) is 1. The summed E-state index contributed by atoms with van der Waals surface area (Å²) < 4.78 is 5.24. The number of benzene rings is 2. The Hall–Kier alpha value is -1.54. The molecule has 0 heterocycles. The highest BCUT2D eigenvalue weighted by molar-refractivity contribution is 5.84. The van der Waals surface area contributed by atoms with E-state index in [2.05, 4.69) is 49.5 Å². The first-order valence-electron chi connectivity index (χ1n) is 6.96. The third kappa shape index (κ3) is 3.97. The fraction of sp³-hybridized carbons (Fsp3) is 0.412. The lowest BCUT2D eigenvalue weighted by molar-refractivity contribution is 0.415. The summed E-state index contributed by atoms with van der Waals surface area (Å²) in [5.41, 5.74) is 1.38. The zero-order chi connectivity index (χ0) is 13.7. The predicted octanol–water partition coefficient (Wildman–Crippen LogP) is 3.64. The van der Waals surface area contributed by atoms with Crippen LogP contribution in [-0.2, 0) is 6.42 Å². The molecule has 0 aliphatic carbocycles. The monoisotopic (exact) mass is 257 g/mol. The Morgan fingerprint density at radius 2 is 1.79 bits per heavy atom. The number of methoxy groups -OCH3 is 1. The summed E-state index contributed by atoms with van der Waals surface area (Å²) in [7, 11) is 1.70. The summed E-state index contributed by atoms with van der Waals surface area (Å²) in [4.78, 5) is 0. The molecule has 0 aliphatic rings. The van der Waals surface area contributed by atoms with E-state index in [0.29, 0.717) is 5.92 Å². The molecule has 1 N–H and O–H groups in total. The van der Waals surface area contributed by atoms with Crippen molar-refractivity contribution in [3.63, 3.8) is 0 Å². The van der Waals surface area contributed by atoms with Crippen molar-refractivity contribution in [2.75, 3.05) is 20.2 Å². The lowest BCUT2D eigenvalue weighted by atomic mass is 10.0. The van der Waals surface area contributed by atoms with Crippen LogP contribution in [-0.4, -0.2) is 20.2 Å². The van der Waals surface area contributed by atoms with Gasteiger partial charge in [0.1, 0.15) is 5.75 Å². The Kier molecular flexibility index (Phi) is 4.80. The molecule has 0 atom stereocenters. The van der Waals surface area contributed by atoms with Crippen LogP contribution < -0.4 is 10.1 Å². The number of ether oxygens (including phenoxy) is 1. The maximum Gasteiger partial charge on any atom is 0.119 e. The molecule has 0 bridgehead atoms. The van der Waals surface area contributed by atoms with Crippen molar-refractivity contribution in [1.82, 2.24) is 5.32 Å². The van der Waals surface area contributed by atoms with Gasteiger partial charge in [-0.25, -0.2) is 0 Å². The highest BCUT2D eigenvalue weighted by Gasteiger charge is 1.99. The molecule has 0 aromatic heterocycles. The predicted molar refractivity (Wildman–Crippen MR) is 81.9 cm³/mol. The van der Waals surface area contributed by atoms with Crippen LogP contribution in [0.4, 0.5) is 0 Å². The third-order valence-electron chi connectivity index (χ3n) is 3.25. The van der Waals surface area contributed by atoms with Crippen molar-refractivity contribution in [2.45, 2.75) is 20.3 Å². The maximum atomic E-state index is 5.24. The van der Waals surface area contributed by atoms with Crippen LogP contribution >= 0.6 is 0 Å². The van der Waals surface area contributed by atoms with Crippen molar-refractivity contribution in [2.24, 2.45) is 5.92 Å². The molecule has 19 heavy (non-hydrogen) atoms. The second-order valence-electron chi connectivity index (χ2n) is 5.40. The maximum absolute atomic E-state index is 5.24. The highest BCUT2D eigenvalue weighted by Crippen LogP contribution is 2.21. The third-order valence-corrected chi connectivity index (χ3v) is 3.25. The van der Waals surface area contributed by atoms with Crippen molar-refractivity contribution in [1.29, 1.82) is 0 Å². The molecule has 0 saturated heterocycles. The topological polar surface area (TPSA) is 21.3 Å². The van der Waals surface area contributed by atoms with E-state index in [1.165, 1.54) is 16.3 Å². The van der Waals surface area contributed by atoms with Gasteiger partial charge < -0.3 is 10.1 Å². The number of hydrogen-bond donors (Lipinski definition) is 1. The molecule has 2 nitrogen and oxygen atoms in total. The lowest BCUT2D eigenvalue weighted by Gasteiger charge is -2.08. The summed E-state index contributed by atoms with van der Waals surface area (Å²) in [6.07, 6.45) is 1.08. The van der Waals surface area contributed by atoms with Gasteiger partial charge in [0.2, 0.25) is 0 Å². The minimum Gasteiger partial charge on any atom is -0.497 e. The molecular weight excluding hydrogens is 234 g/mol. The smallest absolute Gasteiger partial charge is 0.119 e. The Balaban J connectivity index is 2.01. The zero-order valence-electron chi connectivity index (χ0n) is 12.1. The van der Waals surface area contributed by atoms with E-state index in [1.807, 2.05) is 6.07 Å². The highest BCUT2D eigenvalue weighted by atomic mass is 16.5. The fourth-order valence-corrected chi connectivity index (χ4v) is 2.18. The van der Waals surface area contributed by atoms with E-state index >= 15 is 0 Å². The normalized spacial score (nSPS) is 11.2. The van der Waals surface area contributed by atoms with Gasteiger partial charge in [0.25, 0.3) is 0 Å². The van der Waals surface area contributed by atoms with Crippen LogP contribution in [0.2, 0.25) is 0 Å². The van der Waals surface area contributed by atoms with Crippen LogP contribution in [0.5, 0.6) is 5.75 Å². The Morgan fingerprint density at radius 3 is 2.53 bits per heavy atom. The van der Waals surface area contributed by atoms with Gasteiger partial charge in [-0.2, -0.15) is 0 Å². The molecule has 2 rings (SSSR count). The summed E-state index contributed by atoms with van der Waals surface area (Å²) in [5.74, 6) is 1.63. The second kappa shape index (κ2) is 6.58. The lowest BCUT2D eigenvalue weighted by Crippen LogP contribution is -2.22. The van der Waals surface area contributed by atoms with Crippen molar-refractivity contribution in [3.05, 3.63) is 42.0 Å². The van der Waals surface area contributed by atoms with E-state index < -0.39 is 0 Å². The van der Waals surface area contributed by atoms with Gasteiger partial charge in [0, 0.05) is 0 Å². The molecule has 0 aliphatic heterocycles. The van der Waals surface area contributed by atoms with Crippen LogP contribution in [0.1, 0.15) is 19.4 Å². The summed E-state index contributed by atoms with van der Waals surface area (Å²) in [6, 6.07) is 12.9. The van der Waals surface area contributed by atoms with Gasteiger partial charge >= 0.3 is 0 Å². The Bertz CT molecular complexity index is 534. The van der Waals surface area contributed by atoms with Gasteiger partial charge in [0.05, 0.1) is 7.11 Å². The molecular formula is C17H23NO. The van der Waals surface area contributed by atoms with Crippen LogP contribution in [0.15, 0.2) is 36.4 Å². The molecule has 0 amide bonds. The minimum atomic E-state index is 0.712. The zero-order valence-corrected chi connectivity index (χ0v) is 12.1. The molecule has 0 saturated carbocycles. The molecule has 0 radical (unpaired) electrons. The van der Waals surface area contributed by atoms with Crippen LogP contribution in [0.25, 0.3) is 10.8 Å².